The van der Waals surface area contributed by atoms with E-state index >= 15 is 0 Å². The van der Waals surface area contributed by atoms with Gasteiger partial charge in [0.2, 0.25) is 5.95 Å². The van der Waals surface area contributed by atoms with Gasteiger partial charge in [0, 0.05) is 37.3 Å². The standard InChI is InChI=1S/C26H26N8/c1-2-6-18(7-3-1)16-34-14-11-20(12-15-34)30-25-22-24(29-17-28-22)32-26(33-25)31-23-21-9-5-4-8-19(21)10-13-27-23/h1-10,13,17,20H,11-12,14-16H2,(H3,27,28,29,30,31,32,33). The topological polar surface area (TPSA) is 94.7 Å². The highest BCUT2D eigenvalue weighted by atomic mass is 15.2. The molecule has 8 nitrogen and oxygen atoms in total. The number of piperidine rings is 1. The number of hydrogen-bond acceptors (Lipinski definition) is 7. The average molecular weight is 451 g/mol. The molecule has 6 rings (SSSR count). The van der Waals surface area contributed by atoms with Crippen molar-refractivity contribution >= 4 is 39.5 Å². The molecule has 170 valence electrons. The monoisotopic (exact) mass is 450 g/mol. The van der Waals surface area contributed by atoms with Gasteiger partial charge >= 0.3 is 0 Å². The first kappa shape index (κ1) is 20.6. The zero-order valence-corrected chi connectivity index (χ0v) is 18.8. The second kappa shape index (κ2) is 9.07. The van der Waals surface area contributed by atoms with Crippen molar-refractivity contribution in [1.82, 2.24) is 29.8 Å². The van der Waals surface area contributed by atoms with Crippen LogP contribution in [-0.2, 0) is 6.54 Å². The van der Waals surface area contributed by atoms with E-state index in [1.54, 1.807) is 12.5 Å². The highest BCUT2D eigenvalue weighted by Gasteiger charge is 2.21. The number of nitrogens with zero attached hydrogens (tertiary/aromatic N) is 5. The van der Waals surface area contributed by atoms with Crippen LogP contribution in [0.15, 0.2) is 73.2 Å². The van der Waals surface area contributed by atoms with Crippen molar-refractivity contribution in [2.45, 2.75) is 25.4 Å². The Kier molecular flexibility index (Phi) is 5.48. The van der Waals surface area contributed by atoms with Crippen molar-refractivity contribution in [3.05, 3.63) is 78.8 Å². The third kappa shape index (κ3) is 4.27. The molecule has 3 aromatic heterocycles. The number of rotatable bonds is 6. The van der Waals surface area contributed by atoms with Gasteiger partial charge in [-0.1, -0.05) is 54.6 Å². The molecular weight excluding hydrogens is 424 g/mol. The summed E-state index contributed by atoms with van der Waals surface area (Å²) in [4.78, 5) is 24.0. The molecule has 2 aromatic carbocycles. The number of H-pyrrole nitrogens is 1. The van der Waals surface area contributed by atoms with Crippen molar-refractivity contribution in [3.8, 4) is 0 Å². The molecule has 34 heavy (non-hydrogen) atoms. The van der Waals surface area contributed by atoms with Crippen LogP contribution in [0.3, 0.4) is 0 Å². The molecule has 4 heterocycles. The summed E-state index contributed by atoms with van der Waals surface area (Å²) >= 11 is 0. The summed E-state index contributed by atoms with van der Waals surface area (Å²) in [5.74, 6) is 1.98. The van der Waals surface area contributed by atoms with Crippen LogP contribution >= 0.6 is 0 Å². The fraction of sp³-hybridized carbons (Fsp3) is 0.231. The number of aromatic amines is 1. The van der Waals surface area contributed by atoms with Gasteiger partial charge in [0.15, 0.2) is 11.5 Å². The van der Waals surface area contributed by atoms with Crippen LogP contribution in [0.25, 0.3) is 21.9 Å². The molecule has 1 aliphatic heterocycles. The molecule has 3 N–H and O–H groups in total. The predicted octanol–water partition coefficient (Wildman–Crippen LogP) is 4.72. The highest BCUT2D eigenvalue weighted by Crippen LogP contribution is 2.26. The number of benzene rings is 2. The van der Waals surface area contributed by atoms with Gasteiger partial charge in [0.1, 0.15) is 11.3 Å². The largest absolute Gasteiger partial charge is 0.365 e. The van der Waals surface area contributed by atoms with E-state index in [0.29, 0.717) is 17.6 Å². The van der Waals surface area contributed by atoms with Crippen molar-refractivity contribution in [2.75, 3.05) is 23.7 Å². The van der Waals surface area contributed by atoms with Crippen LogP contribution in [0.4, 0.5) is 17.6 Å². The molecule has 0 bridgehead atoms. The Morgan fingerprint density at radius 2 is 1.71 bits per heavy atom. The van der Waals surface area contributed by atoms with E-state index in [-0.39, 0.29) is 0 Å². The molecule has 1 saturated heterocycles. The minimum atomic E-state index is 0.344. The fourth-order valence-corrected chi connectivity index (χ4v) is 4.59. The van der Waals surface area contributed by atoms with Gasteiger partial charge in [0.05, 0.1) is 6.33 Å². The summed E-state index contributed by atoms with van der Waals surface area (Å²) in [5.41, 5.74) is 2.81. The molecule has 0 aliphatic carbocycles. The van der Waals surface area contributed by atoms with Crippen LogP contribution < -0.4 is 10.6 Å². The van der Waals surface area contributed by atoms with Crippen LogP contribution in [-0.4, -0.2) is 49.0 Å². The van der Waals surface area contributed by atoms with Crippen molar-refractivity contribution in [3.63, 3.8) is 0 Å². The molecular formula is C26H26N8. The number of pyridine rings is 1. The van der Waals surface area contributed by atoms with Gasteiger partial charge < -0.3 is 15.6 Å². The lowest BCUT2D eigenvalue weighted by atomic mass is 10.0. The first-order valence-electron chi connectivity index (χ1n) is 11.7. The number of nitrogens with one attached hydrogen (secondary N) is 3. The highest BCUT2D eigenvalue weighted by molar-refractivity contribution is 5.93. The van der Waals surface area contributed by atoms with Crippen LogP contribution in [0.5, 0.6) is 0 Å². The minimum Gasteiger partial charge on any atom is -0.365 e. The van der Waals surface area contributed by atoms with E-state index in [1.165, 1.54) is 5.56 Å². The Bertz CT molecular complexity index is 1400. The molecule has 0 saturated carbocycles. The Labute approximate surface area is 197 Å². The molecule has 8 heteroatoms. The SMILES string of the molecule is c1ccc(CN2CCC(Nc3nc(Nc4nccc5ccccc45)nc4nc[nH]c34)CC2)cc1. The number of likely N-dealkylation sites (tertiary alicyclic amines) is 1. The summed E-state index contributed by atoms with van der Waals surface area (Å²) in [7, 11) is 0. The number of anilines is 3. The van der Waals surface area contributed by atoms with Crippen LogP contribution in [0.1, 0.15) is 18.4 Å². The van der Waals surface area contributed by atoms with E-state index in [1.807, 2.05) is 24.3 Å². The van der Waals surface area contributed by atoms with E-state index in [0.717, 1.165) is 60.4 Å². The maximum Gasteiger partial charge on any atom is 0.232 e. The van der Waals surface area contributed by atoms with E-state index in [4.69, 9.17) is 4.98 Å². The lowest BCUT2D eigenvalue weighted by molar-refractivity contribution is 0.211. The first-order valence-corrected chi connectivity index (χ1v) is 11.7. The lowest BCUT2D eigenvalue weighted by Crippen LogP contribution is -2.38. The predicted molar refractivity (Wildman–Crippen MR) is 135 cm³/mol. The molecule has 5 aromatic rings. The molecule has 0 atom stereocenters. The van der Waals surface area contributed by atoms with Gasteiger partial charge in [-0.05, 0) is 29.9 Å². The smallest absolute Gasteiger partial charge is 0.232 e. The fourth-order valence-electron chi connectivity index (χ4n) is 4.59. The average Bonchev–Trinajstić information content (AvgIpc) is 3.35. The summed E-state index contributed by atoms with van der Waals surface area (Å²) < 4.78 is 0. The van der Waals surface area contributed by atoms with Crippen molar-refractivity contribution < 1.29 is 0 Å². The second-order valence-corrected chi connectivity index (χ2v) is 8.68. The van der Waals surface area contributed by atoms with Gasteiger partial charge in [-0.3, -0.25) is 4.90 Å². The Hall–Kier alpha value is -4.04. The van der Waals surface area contributed by atoms with Crippen molar-refractivity contribution in [2.24, 2.45) is 0 Å². The zero-order chi connectivity index (χ0) is 22.7. The second-order valence-electron chi connectivity index (χ2n) is 8.68. The number of imidazole rings is 1. The Balaban J connectivity index is 1.19. The molecule has 0 radical (unpaired) electrons. The van der Waals surface area contributed by atoms with Gasteiger partial charge in [-0.25, -0.2) is 9.97 Å². The van der Waals surface area contributed by atoms with Gasteiger partial charge in [-0.15, -0.1) is 0 Å². The third-order valence-corrected chi connectivity index (χ3v) is 6.37. The van der Waals surface area contributed by atoms with Crippen LogP contribution in [0, 0.1) is 0 Å². The van der Waals surface area contributed by atoms with E-state index in [2.05, 4.69) is 71.9 Å². The lowest BCUT2D eigenvalue weighted by Gasteiger charge is -2.32. The van der Waals surface area contributed by atoms with Gasteiger partial charge in [0.25, 0.3) is 0 Å². The molecule has 1 aliphatic rings. The maximum atomic E-state index is 4.80. The van der Waals surface area contributed by atoms with Crippen molar-refractivity contribution in [1.29, 1.82) is 0 Å². The molecule has 1 fully saturated rings. The summed E-state index contributed by atoms with van der Waals surface area (Å²) in [6.45, 7) is 3.10. The van der Waals surface area contributed by atoms with E-state index < -0.39 is 0 Å². The van der Waals surface area contributed by atoms with E-state index in [9.17, 15) is 0 Å². The van der Waals surface area contributed by atoms with Crippen LogP contribution in [0.2, 0.25) is 0 Å². The maximum absolute atomic E-state index is 4.80. The van der Waals surface area contributed by atoms with Gasteiger partial charge in [-0.2, -0.15) is 9.97 Å². The Morgan fingerprint density at radius 3 is 2.59 bits per heavy atom. The summed E-state index contributed by atoms with van der Waals surface area (Å²) in [6, 6.07) is 21.1. The normalized spacial score (nSPS) is 15.1. The summed E-state index contributed by atoms with van der Waals surface area (Å²) in [6.07, 6.45) is 5.56. The quantitative estimate of drug-likeness (QED) is 0.344. The molecule has 0 amide bonds. The minimum absolute atomic E-state index is 0.344. The number of fused-ring (bicyclic) bond motifs is 2. The molecule has 0 spiro atoms. The summed E-state index contributed by atoms with van der Waals surface area (Å²) in [5, 5.41) is 9.09. The Morgan fingerprint density at radius 1 is 0.882 bits per heavy atom. The third-order valence-electron chi connectivity index (χ3n) is 6.37. The number of aromatic nitrogens is 5. The first-order chi connectivity index (χ1) is 16.8. The molecule has 0 unspecified atom stereocenters. The zero-order valence-electron chi connectivity index (χ0n) is 18.8. The number of hydrogen-bond donors (Lipinski definition) is 3.